The molecule has 1 aliphatic heterocycles. The molecule has 0 radical (unpaired) electrons. The highest BCUT2D eigenvalue weighted by molar-refractivity contribution is 5.79. The Labute approximate surface area is 194 Å². The summed E-state index contributed by atoms with van der Waals surface area (Å²) in [4.78, 5) is 19.3. The van der Waals surface area contributed by atoms with E-state index in [9.17, 15) is 18.0 Å². The van der Waals surface area contributed by atoms with E-state index in [4.69, 9.17) is 0 Å². The molecule has 0 spiro atoms. The number of carbonyl (C=O) groups is 1. The molecule has 34 heavy (non-hydrogen) atoms. The highest BCUT2D eigenvalue weighted by Crippen LogP contribution is 2.28. The number of aromatic nitrogens is 3. The van der Waals surface area contributed by atoms with E-state index in [0.717, 1.165) is 28.7 Å². The van der Waals surface area contributed by atoms with Gasteiger partial charge in [0, 0.05) is 55.1 Å². The minimum Gasteiger partial charge on any atom is -0.355 e. The summed E-state index contributed by atoms with van der Waals surface area (Å²) >= 11 is 0. The first-order valence-corrected chi connectivity index (χ1v) is 11.0. The Bertz CT molecular complexity index is 1330. The molecule has 5 rings (SSSR count). The summed E-state index contributed by atoms with van der Waals surface area (Å²) in [5.74, 6) is -1.18. The predicted molar refractivity (Wildman–Crippen MR) is 122 cm³/mol. The van der Waals surface area contributed by atoms with Gasteiger partial charge in [-0.15, -0.1) is 0 Å². The van der Waals surface area contributed by atoms with Crippen LogP contribution in [0.5, 0.6) is 0 Å². The molecule has 2 aromatic carbocycles. The van der Waals surface area contributed by atoms with Crippen molar-refractivity contribution in [3.63, 3.8) is 0 Å². The van der Waals surface area contributed by atoms with Crippen molar-refractivity contribution < 1.29 is 18.0 Å². The molecule has 0 saturated carbocycles. The Kier molecular flexibility index (Phi) is 5.91. The molecule has 4 aromatic rings. The fraction of sp³-hybridized carbons (Fsp3) is 0.240. The molecule has 1 N–H and O–H groups in total. The van der Waals surface area contributed by atoms with Crippen molar-refractivity contribution in [1.29, 1.82) is 0 Å². The summed E-state index contributed by atoms with van der Waals surface area (Å²) in [7, 11) is 0. The van der Waals surface area contributed by atoms with Gasteiger partial charge < -0.3 is 10.2 Å². The molecule has 9 heteroatoms. The fourth-order valence-corrected chi connectivity index (χ4v) is 4.26. The topological polar surface area (TPSA) is 62.5 Å². The minimum atomic E-state index is -0.671. The molecule has 0 bridgehead atoms. The predicted octanol–water partition coefficient (Wildman–Crippen LogP) is 4.35. The number of amides is 1. The summed E-state index contributed by atoms with van der Waals surface area (Å²) in [6.07, 6.45) is 4.69. The number of carbonyl (C=O) groups excluding carboxylic acids is 1. The molecule has 6 nitrogen and oxygen atoms in total. The smallest absolute Gasteiger partial charge is 0.223 e. The molecule has 174 valence electrons. The number of benzene rings is 2. The second-order valence-corrected chi connectivity index (χ2v) is 8.33. The maximum absolute atomic E-state index is 13.8. The zero-order valence-corrected chi connectivity index (χ0v) is 18.2. The maximum Gasteiger partial charge on any atom is 0.223 e. The lowest BCUT2D eigenvalue weighted by Gasteiger charge is -2.32. The second-order valence-electron chi connectivity index (χ2n) is 8.33. The van der Waals surface area contributed by atoms with Gasteiger partial charge in [-0.1, -0.05) is 6.07 Å². The van der Waals surface area contributed by atoms with E-state index in [-0.39, 0.29) is 29.8 Å². The van der Waals surface area contributed by atoms with Gasteiger partial charge in [-0.25, -0.2) is 22.7 Å². The van der Waals surface area contributed by atoms with Gasteiger partial charge >= 0.3 is 0 Å². The highest BCUT2D eigenvalue weighted by Gasteiger charge is 2.27. The van der Waals surface area contributed by atoms with Crippen molar-refractivity contribution in [3.8, 4) is 11.3 Å². The van der Waals surface area contributed by atoms with E-state index < -0.39 is 11.6 Å². The summed E-state index contributed by atoms with van der Waals surface area (Å²) in [6.45, 7) is 1.29. The van der Waals surface area contributed by atoms with Crippen molar-refractivity contribution in [1.82, 2.24) is 19.9 Å². The van der Waals surface area contributed by atoms with Crippen LogP contribution >= 0.6 is 0 Å². The Morgan fingerprint density at radius 2 is 1.74 bits per heavy atom. The third kappa shape index (κ3) is 4.46. The van der Waals surface area contributed by atoms with E-state index in [0.29, 0.717) is 25.9 Å². The Morgan fingerprint density at radius 1 is 1.00 bits per heavy atom. The molecule has 1 saturated heterocycles. The van der Waals surface area contributed by atoms with Gasteiger partial charge in [0.15, 0.2) is 5.82 Å². The van der Waals surface area contributed by atoms with Gasteiger partial charge in [0.2, 0.25) is 5.91 Å². The van der Waals surface area contributed by atoms with Crippen LogP contribution in [0.4, 0.5) is 19.0 Å². The van der Waals surface area contributed by atoms with E-state index >= 15 is 0 Å². The summed E-state index contributed by atoms with van der Waals surface area (Å²) in [6, 6.07) is 11.4. The Morgan fingerprint density at radius 3 is 2.47 bits per heavy atom. The number of nitrogens with zero attached hydrogens (tertiary/aromatic N) is 4. The Hall–Kier alpha value is -3.88. The normalized spacial score (nSPS) is 14.5. The van der Waals surface area contributed by atoms with Gasteiger partial charge in [0.1, 0.15) is 23.0 Å². The first-order valence-electron chi connectivity index (χ1n) is 11.0. The maximum atomic E-state index is 13.8. The van der Waals surface area contributed by atoms with E-state index in [1.807, 2.05) is 6.07 Å². The standard InChI is InChI=1S/C25H22F3N5O/c26-19-4-1-16(2-5-19)22-14-23-24(29-9-12-33(23)31-22)32-10-7-17(8-11-32)25(34)30-15-18-3-6-20(27)13-21(18)28/h1-6,9,12-14,17H,7-8,10-11,15H2,(H,30,34). The molecule has 3 heterocycles. The summed E-state index contributed by atoms with van der Waals surface area (Å²) < 4.78 is 41.9. The number of piperidine rings is 1. The molecular weight excluding hydrogens is 443 g/mol. The number of hydrogen-bond acceptors (Lipinski definition) is 4. The lowest BCUT2D eigenvalue weighted by atomic mass is 9.95. The van der Waals surface area contributed by atoms with Gasteiger partial charge in [-0.05, 0) is 49.2 Å². The van der Waals surface area contributed by atoms with Crippen LogP contribution in [0.3, 0.4) is 0 Å². The largest absolute Gasteiger partial charge is 0.355 e. The van der Waals surface area contributed by atoms with Crippen LogP contribution in [0.1, 0.15) is 18.4 Å². The first-order chi connectivity index (χ1) is 16.5. The van der Waals surface area contributed by atoms with Crippen LogP contribution in [0, 0.1) is 23.4 Å². The zero-order chi connectivity index (χ0) is 23.7. The van der Waals surface area contributed by atoms with Gasteiger partial charge in [-0.2, -0.15) is 5.10 Å². The number of hydrogen-bond donors (Lipinski definition) is 1. The van der Waals surface area contributed by atoms with Crippen LogP contribution in [-0.4, -0.2) is 33.6 Å². The molecule has 1 fully saturated rings. The average molecular weight is 465 g/mol. The molecular formula is C25H22F3N5O. The van der Waals surface area contributed by atoms with Crippen molar-refractivity contribution >= 4 is 17.2 Å². The van der Waals surface area contributed by atoms with Crippen molar-refractivity contribution in [2.24, 2.45) is 5.92 Å². The third-order valence-corrected chi connectivity index (χ3v) is 6.14. The van der Waals surface area contributed by atoms with Crippen molar-refractivity contribution in [2.75, 3.05) is 18.0 Å². The Balaban J connectivity index is 1.25. The summed E-state index contributed by atoms with van der Waals surface area (Å²) in [5, 5.41) is 7.35. The second kappa shape index (κ2) is 9.17. The van der Waals surface area contributed by atoms with E-state index in [2.05, 4.69) is 20.3 Å². The van der Waals surface area contributed by atoms with Crippen LogP contribution in [0.25, 0.3) is 16.8 Å². The van der Waals surface area contributed by atoms with E-state index in [1.54, 1.807) is 29.0 Å². The SMILES string of the molecule is O=C(NCc1ccc(F)cc1F)C1CCN(c2nccn3nc(-c4ccc(F)cc4)cc23)CC1. The lowest BCUT2D eigenvalue weighted by Crippen LogP contribution is -2.40. The first kappa shape index (κ1) is 21.9. The quantitative estimate of drug-likeness (QED) is 0.476. The molecule has 2 aromatic heterocycles. The lowest BCUT2D eigenvalue weighted by molar-refractivity contribution is -0.125. The van der Waals surface area contributed by atoms with Gasteiger partial charge in [-0.3, -0.25) is 4.79 Å². The van der Waals surface area contributed by atoms with Crippen LogP contribution in [0.15, 0.2) is 60.9 Å². The summed E-state index contributed by atoms with van der Waals surface area (Å²) in [5.41, 5.74) is 2.61. The fourth-order valence-electron chi connectivity index (χ4n) is 4.26. The molecule has 0 unspecified atom stereocenters. The number of rotatable bonds is 5. The van der Waals surface area contributed by atoms with Crippen LogP contribution in [-0.2, 0) is 11.3 Å². The van der Waals surface area contributed by atoms with Gasteiger partial charge in [0.25, 0.3) is 0 Å². The molecule has 0 aliphatic carbocycles. The number of halogens is 3. The molecule has 1 amide bonds. The average Bonchev–Trinajstić information content (AvgIpc) is 3.28. The number of fused-ring (bicyclic) bond motifs is 1. The third-order valence-electron chi connectivity index (χ3n) is 6.14. The molecule has 0 atom stereocenters. The zero-order valence-electron chi connectivity index (χ0n) is 18.2. The minimum absolute atomic E-state index is 0.0218. The highest BCUT2D eigenvalue weighted by atomic mass is 19.1. The number of anilines is 1. The van der Waals surface area contributed by atoms with E-state index in [1.165, 1.54) is 24.3 Å². The van der Waals surface area contributed by atoms with Crippen molar-refractivity contribution in [3.05, 3.63) is 83.9 Å². The van der Waals surface area contributed by atoms with Crippen LogP contribution in [0.2, 0.25) is 0 Å². The van der Waals surface area contributed by atoms with Crippen molar-refractivity contribution in [2.45, 2.75) is 19.4 Å². The number of nitrogens with one attached hydrogen (secondary N) is 1. The molecule has 1 aliphatic rings. The van der Waals surface area contributed by atoms with Crippen LogP contribution < -0.4 is 10.2 Å². The monoisotopic (exact) mass is 465 g/mol. The van der Waals surface area contributed by atoms with Gasteiger partial charge in [0.05, 0.1) is 5.69 Å².